The van der Waals surface area contributed by atoms with Gasteiger partial charge in [0.15, 0.2) is 17.3 Å². The first-order valence-corrected chi connectivity index (χ1v) is 22.0. The minimum absolute atomic E-state index is 0.0277. The van der Waals surface area contributed by atoms with Gasteiger partial charge in [-0.2, -0.15) is 10.4 Å². The van der Waals surface area contributed by atoms with Crippen molar-refractivity contribution in [3.8, 4) is 34.4 Å². The number of ketones is 3. The van der Waals surface area contributed by atoms with Gasteiger partial charge in [0, 0.05) is 75.0 Å². The summed E-state index contributed by atoms with van der Waals surface area (Å²) in [4.78, 5) is 72.1. The zero-order valence-corrected chi connectivity index (χ0v) is 37.6. The Morgan fingerprint density at radius 3 is 2.22 bits per heavy atom. The van der Waals surface area contributed by atoms with Gasteiger partial charge in [-0.15, -0.1) is 0 Å². The molecular formula is C49H62N8O7. The van der Waals surface area contributed by atoms with E-state index >= 15 is 0 Å². The maximum absolute atomic E-state index is 14.7. The number of likely N-dealkylation sites (N-methyl/N-ethyl adjacent to an activating group) is 1. The predicted octanol–water partition coefficient (Wildman–Crippen LogP) is 4.97. The van der Waals surface area contributed by atoms with Gasteiger partial charge in [-0.05, 0) is 91.7 Å². The third-order valence-electron chi connectivity index (χ3n) is 11.4. The Balaban J connectivity index is 1.56. The third kappa shape index (κ3) is 12.3. The van der Waals surface area contributed by atoms with Crippen molar-refractivity contribution < 1.29 is 33.4 Å². The zero-order chi connectivity index (χ0) is 46.5. The number of aromatic nitrogens is 2. The number of carbonyl (C=O) groups is 5. The first-order valence-electron chi connectivity index (χ1n) is 22.0. The highest BCUT2D eigenvalue weighted by Gasteiger charge is 2.36. The van der Waals surface area contributed by atoms with Crippen LogP contribution >= 0.6 is 0 Å². The molecule has 4 aromatic rings. The van der Waals surface area contributed by atoms with Crippen molar-refractivity contribution >= 4 is 29.2 Å². The number of rotatable bonds is 19. The number of fused-ring (bicyclic) bond motifs is 5. The van der Waals surface area contributed by atoms with E-state index in [1.807, 2.05) is 36.4 Å². The largest absolute Gasteiger partial charge is 0.492 e. The van der Waals surface area contributed by atoms with Gasteiger partial charge in [0.05, 0.1) is 29.1 Å². The fourth-order valence-corrected chi connectivity index (χ4v) is 8.10. The van der Waals surface area contributed by atoms with Gasteiger partial charge in [0.2, 0.25) is 11.8 Å². The van der Waals surface area contributed by atoms with E-state index in [0.717, 1.165) is 12.1 Å². The summed E-state index contributed by atoms with van der Waals surface area (Å²) >= 11 is 0. The summed E-state index contributed by atoms with van der Waals surface area (Å²) in [6.45, 7) is 8.55. The van der Waals surface area contributed by atoms with Crippen LogP contribution in [0.5, 0.6) is 11.5 Å². The molecule has 1 aliphatic heterocycles. The molecule has 0 spiro atoms. The molecule has 64 heavy (non-hydrogen) atoms. The zero-order valence-electron chi connectivity index (χ0n) is 37.6. The number of hydrogen-bond acceptors (Lipinski definition) is 12. The van der Waals surface area contributed by atoms with Crippen molar-refractivity contribution in [1.29, 1.82) is 5.26 Å². The van der Waals surface area contributed by atoms with Crippen LogP contribution in [0.1, 0.15) is 91.7 Å². The Morgan fingerprint density at radius 1 is 0.938 bits per heavy atom. The number of nitriles is 1. The van der Waals surface area contributed by atoms with Crippen LogP contribution < -0.4 is 32.0 Å². The molecule has 4 atom stereocenters. The molecule has 4 bridgehead atoms. The first kappa shape index (κ1) is 48.8. The molecule has 5 rings (SSSR count). The van der Waals surface area contributed by atoms with Gasteiger partial charge < -0.3 is 36.9 Å². The summed E-state index contributed by atoms with van der Waals surface area (Å²) in [5.41, 5.74) is 22.8. The summed E-state index contributed by atoms with van der Waals surface area (Å²) in [6, 6.07) is 18.3. The van der Waals surface area contributed by atoms with Crippen LogP contribution in [0, 0.1) is 36.0 Å². The summed E-state index contributed by atoms with van der Waals surface area (Å²) in [5, 5.41) is 16.7. The number of nitrogens with two attached hydrogens (primary N) is 3. The second-order valence-corrected chi connectivity index (χ2v) is 16.9. The molecule has 0 saturated carbocycles. The number of nitrogens with zero attached hydrogens (tertiary/aromatic N) is 4. The van der Waals surface area contributed by atoms with Crippen molar-refractivity contribution in [3.05, 3.63) is 94.8 Å². The third-order valence-corrected chi connectivity index (χ3v) is 11.4. The Hall–Kier alpha value is -6.21. The van der Waals surface area contributed by atoms with E-state index < -0.39 is 41.5 Å². The normalized spacial score (nSPS) is 16.9. The lowest BCUT2D eigenvalue weighted by molar-refractivity contribution is -0.142. The molecule has 0 saturated heterocycles. The molecule has 0 unspecified atom stereocenters. The Kier molecular flexibility index (Phi) is 17.5. The van der Waals surface area contributed by atoms with Gasteiger partial charge >= 0.3 is 0 Å². The predicted molar refractivity (Wildman–Crippen MR) is 244 cm³/mol. The molecular weight excluding hydrogens is 813 g/mol. The SMILES string of the molecule is Cc1nn(-c2ccc(CC(C)C)cc2)cc1C(=O)C[C@@H](CCN)C(=O)N(C)[C@@H]1C(=O)C[C@@H](C)C(=O)N[C@H](C(=O)CCC#N)Cc2ccc(OCCN)c(c2)-c2cc1ccc2OCCN. The fourth-order valence-electron chi connectivity index (χ4n) is 8.10. The van der Waals surface area contributed by atoms with Crippen molar-refractivity contribution in [2.45, 2.75) is 84.7 Å². The second kappa shape index (κ2) is 22.9. The van der Waals surface area contributed by atoms with E-state index in [4.69, 9.17) is 26.7 Å². The van der Waals surface area contributed by atoms with Gasteiger partial charge in [0.1, 0.15) is 30.8 Å². The second-order valence-electron chi connectivity index (χ2n) is 16.9. The van der Waals surface area contributed by atoms with Crippen LogP contribution in [0.15, 0.2) is 66.9 Å². The molecule has 7 N–H and O–H groups in total. The number of amides is 2. The molecule has 0 aliphatic carbocycles. The standard InChI is InChI=1S/C49H62N8O7/c1-30(2)23-33-8-12-37(13-9-33)57-29-40(32(4)55-57)43(59)28-36(16-18-51)49(62)56(5)47-35-11-15-46(64-22-20-53)39(27-35)38-25-34(10-14-45(38)63-21-19-52)26-41(42(58)7-6-17-50)54-48(61)31(3)24-44(47)60/h8-15,25,27,29-31,36,41,47H,6-7,16,18-24,26,28,51-53H2,1-5H3,(H,54,61)/t31-,36-,41+,47+/m1/s1. The minimum Gasteiger partial charge on any atom is -0.492 e. The van der Waals surface area contributed by atoms with Gasteiger partial charge in [-0.3, -0.25) is 24.0 Å². The van der Waals surface area contributed by atoms with E-state index in [1.165, 1.54) is 17.5 Å². The number of hydrogen-bond donors (Lipinski definition) is 4. The highest BCUT2D eigenvalue weighted by atomic mass is 16.5. The monoisotopic (exact) mass is 874 g/mol. The van der Waals surface area contributed by atoms with Crippen molar-refractivity contribution in [3.63, 3.8) is 0 Å². The van der Waals surface area contributed by atoms with Crippen LogP contribution in [0.2, 0.25) is 0 Å². The summed E-state index contributed by atoms with van der Waals surface area (Å²) < 4.78 is 13.9. The molecule has 1 aliphatic rings. The minimum atomic E-state index is -1.23. The summed E-state index contributed by atoms with van der Waals surface area (Å²) in [5.74, 6) is -2.53. The topological polar surface area (TPSA) is 239 Å². The summed E-state index contributed by atoms with van der Waals surface area (Å²) in [6.07, 6.45) is 2.30. The quantitative estimate of drug-likeness (QED) is 0.0914. The molecule has 340 valence electrons. The lowest BCUT2D eigenvalue weighted by Gasteiger charge is -2.32. The van der Waals surface area contributed by atoms with E-state index in [1.54, 1.807) is 55.1 Å². The maximum Gasteiger partial charge on any atom is 0.226 e. The molecule has 1 aromatic heterocycles. The Bertz CT molecular complexity index is 2330. The number of benzene rings is 3. The molecule has 2 heterocycles. The average Bonchev–Trinajstić information content (AvgIpc) is 3.67. The molecule has 0 fully saturated rings. The average molecular weight is 875 g/mol. The number of Topliss-reactive ketones (excluding diaryl/α,β-unsaturated/α-hetero) is 3. The highest BCUT2D eigenvalue weighted by molar-refractivity contribution is 6.00. The van der Waals surface area contributed by atoms with Crippen LogP contribution in [0.4, 0.5) is 0 Å². The van der Waals surface area contributed by atoms with E-state index in [9.17, 15) is 29.2 Å². The molecule has 15 heteroatoms. The van der Waals surface area contributed by atoms with Crippen LogP contribution in [0.25, 0.3) is 16.8 Å². The molecule has 2 amide bonds. The number of nitrogens with one attached hydrogen (secondary N) is 1. The lowest BCUT2D eigenvalue weighted by Crippen LogP contribution is -2.46. The first-order chi connectivity index (χ1) is 30.7. The number of carbonyl (C=O) groups excluding carboxylic acids is 5. The Labute approximate surface area is 375 Å². The molecule has 0 radical (unpaired) electrons. The van der Waals surface area contributed by atoms with Crippen LogP contribution in [-0.4, -0.2) is 89.8 Å². The Morgan fingerprint density at radius 2 is 1.59 bits per heavy atom. The van der Waals surface area contributed by atoms with Crippen LogP contribution in [-0.2, 0) is 32.0 Å². The van der Waals surface area contributed by atoms with Crippen molar-refractivity contribution in [2.75, 3.05) is 39.9 Å². The highest BCUT2D eigenvalue weighted by Crippen LogP contribution is 2.41. The lowest BCUT2D eigenvalue weighted by atomic mass is 9.88. The fraction of sp³-hybridized carbons (Fsp3) is 0.449. The molecule has 15 nitrogen and oxygen atoms in total. The van der Waals surface area contributed by atoms with Crippen molar-refractivity contribution in [1.82, 2.24) is 20.0 Å². The molecule has 3 aromatic carbocycles. The number of aryl methyl sites for hydroxylation is 1. The summed E-state index contributed by atoms with van der Waals surface area (Å²) in [7, 11) is 1.51. The van der Waals surface area contributed by atoms with Crippen LogP contribution in [0.3, 0.4) is 0 Å². The number of ether oxygens (including phenoxy) is 2. The maximum atomic E-state index is 14.7. The van der Waals surface area contributed by atoms with Gasteiger partial charge in [0.25, 0.3) is 0 Å². The van der Waals surface area contributed by atoms with Crippen molar-refractivity contribution in [2.24, 2.45) is 35.0 Å². The van der Waals surface area contributed by atoms with E-state index in [0.29, 0.717) is 50.9 Å². The van der Waals surface area contributed by atoms with E-state index in [-0.39, 0.29) is 82.9 Å². The smallest absolute Gasteiger partial charge is 0.226 e. The van der Waals surface area contributed by atoms with Gasteiger partial charge in [-0.1, -0.05) is 45.0 Å². The van der Waals surface area contributed by atoms with E-state index in [2.05, 4.69) is 24.3 Å². The van der Waals surface area contributed by atoms with Gasteiger partial charge in [-0.25, -0.2) is 4.68 Å².